The normalized spacial score (nSPS) is 11.8. The van der Waals surface area contributed by atoms with Crippen molar-refractivity contribution in [3.05, 3.63) is 12.2 Å². The lowest BCUT2D eigenvalue weighted by Crippen LogP contribution is -2.23. The Bertz CT molecular complexity index is 185. The highest BCUT2D eigenvalue weighted by Gasteiger charge is 2.08. The molecule has 0 amide bonds. The molecule has 0 aliphatic carbocycles. The molecule has 0 aliphatic rings. The first-order valence-corrected chi connectivity index (χ1v) is 6.05. The third-order valence-electron chi connectivity index (χ3n) is 1.87. The summed E-state index contributed by atoms with van der Waals surface area (Å²) < 4.78 is 11.0. The summed E-state index contributed by atoms with van der Waals surface area (Å²) >= 11 is 0. The molecule has 0 aromatic heterocycles. The molecule has 0 unspecified atom stereocenters. The molecule has 3 heteroatoms. The molecule has 0 aromatic rings. The molecule has 0 aromatic carbocycles. The molecule has 0 rings (SSSR count). The van der Waals surface area contributed by atoms with E-state index in [-0.39, 0.29) is 5.60 Å². The van der Waals surface area contributed by atoms with Crippen molar-refractivity contribution in [2.75, 3.05) is 32.9 Å². The zero-order valence-corrected chi connectivity index (χ0v) is 11.3. The summed E-state index contributed by atoms with van der Waals surface area (Å²) in [5, 5.41) is 3.29. The number of hydrogen-bond acceptors (Lipinski definition) is 3. The molecule has 0 bridgehead atoms. The summed E-state index contributed by atoms with van der Waals surface area (Å²) in [4.78, 5) is 0. The second-order valence-corrected chi connectivity index (χ2v) is 4.94. The molecule has 3 nitrogen and oxygen atoms in total. The van der Waals surface area contributed by atoms with Crippen LogP contribution in [0.5, 0.6) is 0 Å². The number of nitrogens with one attached hydrogen (secondary N) is 1. The molecule has 96 valence electrons. The molecule has 0 radical (unpaired) electrons. The van der Waals surface area contributed by atoms with Gasteiger partial charge in [-0.3, -0.25) is 0 Å². The lowest BCUT2D eigenvalue weighted by molar-refractivity contribution is -0.0320. The lowest BCUT2D eigenvalue weighted by Gasteiger charge is -2.19. The molecule has 0 saturated heterocycles. The predicted molar refractivity (Wildman–Crippen MR) is 68.8 cm³/mol. The van der Waals surface area contributed by atoms with Gasteiger partial charge in [0.25, 0.3) is 0 Å². The van der Waals surface area contributed by atoms with Crippen LogP contribution in [0.25, 0.3) is 0 Å². The van der Waals surface area contributed by atoms with Gasteiger partial charge in [0.1, 0.15) is 0 Å². The van der Waals surface area contributed by atoms with E-state index in [1.165, 1.54) is 0 Å². The minimum absolute atomic E-state index is 0.0803. The van der Waals surface area contributed by atoms with Crippen molar-refractivity contribution in [1.82, 2.24) is 5.32 Å². The van der Waals surface area contributed by atoms with E-state index in [9.17, 15) is 0 Å². The second kappa shape index (κ2) is 8.74. The molecule has 0 saturated carbocycles. The number of rotatable bonds is 9. The first-order chi connectivity index (χ1) is 7.45. The van der Waals surface area contributed by atoms with Gasteiger partial charge < -0.3 is 14.8 Å². The van der Waals surface area contributed by atoms with Crippen molar-refractivity contribution in [3.8, 4) is 0 Å². The molecule has 0 spiro atoms. The fraction of sp³-hybridized carbons (Fsp3) is 0.846. The Hall–Kier alpha value is -0.380. The number of hydrogen-bond donors (Lipinski definition) is 1. The van der Waals surface area contributed by atoms with Gasteiger partial charge in [-0.05, 0) is 39.3 Å². The van der Waals surface area contributed by atoms with Gasteiger partial charge in [-0.1, -0.05) is 13.5 Å². The molecule has 0 aliphatic heterocycles. The molecule has 0 atom stereocenters. The van der Waals surface area contributed by atoms with Gasteiger partial charge in [0, 0.05) is 6.54 Å². The van der Waals surface area contributed by atoms with Crippen molar-refractivity contribution < 1.29 is 9.47 Å². The van der Waals surface area contributed by atoms with Gasteiger partial charge in [0.15, 0.2) is 0 Å². The van der Waals surface area contributed by atoms with E-state index in [1.54, 1.807) is 0 Å². The predicted octanol–water partition coefficient (Wildman–Crippen LogP) is 2.37. The smallest absolute Gasteiger partial charge is 0.0707 e. The topological polar surface area (TPSA) is 30.5 Å². The van der Waals surface area contributed by atoms with Gasteiger partial charge in [-0.15, -0.1) is 0 Å². The molecular formula is C13H27NO2. The van der Waals surface area contributed by atoms with Gasteiger partial charge in [-0.25, -0.2) is 0 Å². The van der Waals surface area contributed by atoms with Crippen LogP contribution in [-0.2, 0) is 9.47 Å². The highest BCUT2D eigenvalue weighted by molar-refractivity contribution is 4.96. The van der Waals surface area contributed by atoms with E-state index < -0.39 is 0 Å². The standard InChI is InChI=1S/C13H27NO2/c1-6-7-14-10-12(2)11-15-8-9-16-13(3,4)5/h14H,2,6-11H2,1,3-5H3. The SMILES string of the molecule is C=C(CNCCC)COCCOC(C)(C)C. The molecule has 0 heterocycles. The molecule has 1 N–H and O–H groups in total. The first-order valence-electron chi connectivity index (χ1n) is 6.05. The third kappa shape index (κ3) is 11.7. The Labute approximate surface area is 100 Å². The maximum Gasteiger partial charge on any atom is 0.0707 e. The summed E-state index contributed by atoms with van der Waals surface area (Å²) in [6.07, 6.45) is 1.15. The van der Waals surface area contributed by atoms with Crippen LogP contribution in [0, 0.1) is 0 Å². The average molecular weight is 229 g/mol. The highest BCUT2D eigenvalue weighted by atomic mass is 16.5. The molecular weight excluding hydrogens is 202 g/mol. The summed E-state index contributed by atoms with van der Waals surface area (Å²) in [5.74, 6) is 0. The summed E-state index contributed by atoms with van der Waals surface area (Å²) in [5.41, 5.74) is 1.01. The van der Waals surface area contributed by atoms with E-state index in [2.05, 4.69) is 18.8 Å². The van der Waals surface area contributed by atoms with E-state index >= 15 is 0 Å². The maximum atomic E-state index is 5.54. The van der Waals surface area contributed by atoms with Crippen LogP contribution < -0.4 is 5.32 Å². The van der Waals surface area contributed by atoms with Crippen LogP contribution in [0.2, 0.25) is 0 Å². The van der Waals surface area contributed by atoms with E-state index in [0.717, 1.165) is 25.1 Å². The maximum absolute atomic E-state index is 5.54. The second-order valence-electron chi connectivity index (χ2n) is 4.94. The first kappa shape index (κ1) is 15.6. The zero-order valence-electron chi connectivity index (χ0n) is 11.3. The Morgan fingerprint density at radius 3 is 2.50 bits per heavy atom. The Balaban J connectivity index is 3.28. The summed E-state index contributed by atoms with van der Waals surface area (Å²) in [7, 11) is 0. The highest BCUT2D eigenvalue weighted by Crippen LogP contribution is 2.05. The van der Waals surface area contributed by atoms with Crippen LogP contribution in [0.1, 0.15) is 34.1 Å². The van der Waals surface area contributed by atoms with Crippen molar-refractivity contribution in [2.45, 2.75) is 39.7 Å². The van der Waals surface area contributed by atoms with E-state index in [1.807, 2.05) is 20.8 Å². The van der Waals surface area contributed by atoms with Crippen LogP contribution in [0.15, 0.2) is 12.2 Å². The number of ether oxygens (including phenoxy) is 2. The minimum atomic E-state index is -0.0803. The van der Waals surface area contributed by atoms with Gasteiger partial charge in [-0.2, -0.15) is 0 Å². The van der Waals surface area contributed by atoms with Crippen LogP contribution in [-0.4, -0.2) is 38.5 Å². The quantitative estimate of drug-likeness (QED) is 0.486. The molecule has 16 heavy (non-hydrogen) atoms. The van der Waals surface area contributed by atoms with E-state index in [0.29, 0.717) is 19.8 Å². The fourth-order valence-electron chi connectivity index (χ4n) is 1.12. The summed E-state index contributed by atoms with van der Waals surface area (Å²) in [6.45, 7) is 16.0. The largest absolute Gasteiger partial charge is 0.375 e. The Morgan fingerprint density at radius 2 is 1.94 bits per heavy atom. The van der Waals surface area contributed by atoms with Gasteiger partial charge >= 0.3 is 0 Å². The molecule has 0 fully saturated rings. The Kier molecular flexibility index (Phi) is 8.53. The lowest BCUT2D eigenvalue weighted by atomic mass is 10.2. The third-order valence-corrected chi connectivity index (χ3v) is 1.87. The summed E-state index contributed by atoms with van der Waals surface area (Å²) in [6, 6.07) is 0. The van der Waals surface area contributed by atoms with Crippen LogP contribution >= 0.6 is 0 Å². The minimum Gasteiger partial charge on any atom is -0.375 e. The zero-order chi connectivity index (χ0) is 12.4. The van der Waals surface area contributed by atoms with Crippen molar-refractivity contribution in [3.63, 3.8) is 0 Å². The fourth-order valence-corrected chi connectivity index (χ4v) is 1.12. The van der Waals surface area contributed by atoms with Crippen LogP contribution in [0.3, 0.4) is 0 Å². The van der Waals surface area contributed by atoms with Crippen LogP contribution in [0.4, 0.5) is 0 Å². The monoisotopic (exact) mass is 229 g/mol. The van der Waals surface area contributed by atoms with Crippen molar-refractivity contribution in [1.29, 1.82) is 0 Å². The average Bonchev–Trinajstić information content (AvgIpc) is 2.16. The van der Waals surface area contributed by atoms with Gasteiger partial charge in [0.2, 0.25) is 0 Å². The van der Waals surface area contributed by atoms with Gasteiger partial charge in [0.05, 0.1) is 25.4 Å². The van der Waals surface area contributed by atoms with Crippen molar-refractivity contribution >= 4 is 0 Å². The van der Waals surface area contributed by atoms with E-state index in [4.69, 9.17) is 9.47 Å². The Morgan fingerprint density at radius 1 is 1.25 bits per heavy atom. The van der Waals surface area contributed by atoms with Crippen molar-refractivity contribution in [2.24, 2.45) is 0 Å².